The molecule has 0 unspecified atom stereocenters. The van der Waals surface area contributed by atoms with Gasteiger partial charge in [-0.2, -0.15) is 0 Å². The quantitative estimate of drug-likeness (QED) is 0.928. The number of methoxy groups -OCH3 is 1. The molecule has 21 heavy (non-hydrogen) atoms. The van der Waals surface area contributed by atoms with Gasteiger partial charge in [-0.25, -0.2) is 4.79 Å². The van der Waals surface area contributed by atoms with Gasteiger partial charge in [0.05, 0.1) is 12.1 Å². The molecule has 0 radical (unpaired) electrons. The fourth-order valence-corrected chi connectivity index (χ4v) is 2.62. The molecule has 0 aliphatic carbocycles. The Labute approximate surface area is 130 Å². The number of carbonyl (C=O) groups excluding carboxylic acids is 1. The van der Waals surface area contributed by atoms with E-state index in [9.17, 15) is 4.79 Å². The highest BCUT2D eigenvalue weighted by Crippen LogP contribution is 2.27. The first kappa shape index (κ1) is 15.9. The van der Waals surface area contributed by atoms with E-state index in [4.69, 9.17) is 21.1 Å². The van der Waals surface area contributed by atoms with Gasteiger partial charge in [-0.3, -0.25) is 0 Å². The third-order valence-corrected chi connectivity index (χ3v) is 3.92. The molecule has 2 amide bonds. The van der Waals surface area contributed by atoms with Gasteiger partial charge in [-0.15, -0.1) is 0 Å². The summed E-state index contributed by atoms with van der Waals surface area (Å²) in [5.74, 6) is 1.10. The van der Waals surface area contributed by atoms with Gasteiger partial charge in [-0.05, 0) is 37.0 Å². The standard InChI is InChI=1S/C15H21ClN2O3/c1-18(10-11-5-7-21-8-6-11)15(19)17-12-3-4-14(20-2)13(16)9-12/h3-4,9,11H,5-8,10H2,1-2H3,(H,17,19). The molecule has 6 heteroatoms. The summed E-state index contributed by atoms with van der Waals surface area (Å²) in [4.78, 5) is 13.9. The average molecular weight is 313 g/mol. The lowest BCUT2D eigenvalue weighted by Gasteiger charge is -2.27. The van der Waals surface area contributed by atoms with Crippen LogP contribution in [-0.2, 0) is 4.74 Å². The van der Waals surface area contributed by atoms with Crippen LogP contribution in [0.25, 0.3) is 0 Å². The summed E-state index contributed by atoms with van der Waals surface area (Å²) in [5.41, 5.74) is 0.657. The maximum absolute atomic E-state index is 12.2. The zero-order chi connectivity index (χ0) is 15.2. The zero-order valence-electron chi connectivity index (χ0n) is 12.4. The molecule has 0 spiro atoms. The van der Waals surface area contributed by atoms with E-state index in [2.05, 4.69) is 5.32 Å². The summed E-state index contributed by atoms with van der Waals surface area (Å²) in [5, 5.41) is 3.31. The number of halogens is 1. The number of nitrogens with one attached hydrogen (secondary N) is 1. The SMILES string of the molecule is COc1ccc(NC(=O)N(C)CC2CCOCC2)cc1Cl. The summed E-state index contributed by atoms with van der Waals surface area (Å²) < 4.78 is 10.4. The second kappa shape index (κ2) is 7.52. The molecule has 5 nitrogen and oxygen atoms in total. The van der Waals surface area contributed by atoms with Crippen molar-refractivity contribution in [3.8, 4) is 5.75 Å². The highest BCUT2D eigenvalue weighted by Gasteiger charge is 2.18. The van der Waals surface area contributed by atoms with Gasteiger partial charge in [0.2, 0.25) is 0 Å². The van der Waals surface area contributed by atoms with Crippen LogP contribution in [0, 0.1) is 5.92 Å². The Bertz CT molecular complexity index is 490. The number of carbonyl (C=O) groups is 1. The average Bonchev–Trinajstić information content (AvgIpc) is 2.48. The Kier molecular flexibility index (Phi) is 5.70. The number of ether oxygens (including phenoxy) is 2. The van der Waals surface area contributed by atoms with Crippen LogP contribution < -0.4 is 10.1 Å². The predicted molar refractivity (Wildman–Crippen MR) is 83.2 cm³/mol. The van der Waals surface area contributed by atoms with Crippen LogP contribution in [0.4, 0.5) is 10.5 Å². The van der Waals surface area contributed by atoms with Crippen LogP contribution in [0.1, 0.15) is 12.8 Å². The Morgan fingerprint density at radius 3 is 2.81 bits per heavy atom. The molecule has 1 aromatic carbocycles. The number of anilines is 1. The van der Waals surface area contributed by atoms with Gasteiger partial charge in [-0.1, -0.05) is 11.6 Å². The van der Waals surface area contributed by atoms with E-state index in [1.165, 1.54) is 0 Å². The zero-order valence-corrected chi connectivity index (χ0v) is 13.2. The lowest BCUT2D eigenvalue weighted by molar-refractivity contribution is 0.0592. The summed E-state index contributed by atoms with van der Waals surface area (Å²) in [7, 11) is 3.36. The number of benzene rings is 1. The van der Waals surface area contributed by atoms with Crippen LogP contribution in [0.2, 0.25) is 5.02 Å². The van der Waals surface area contributed by atoms with Gasteiger partial charge in [0.25, 0.3) is 0 Å². The molecule has 1 aromatic rings. The lowest BCUT2D eigenvalue weighted by Crippen LogP contribution is -2.36. The highest BCUT2D eigenvalue weighted by atomic mass is 35.5. The normalized spacial score (nSPS) is 15.6. The molecule has 1 heterocycles. The van der Waals surface area contributed by atoms with Crippen molar-refractivity contribution < 1.29 is 14.3 Å². The van der Waals surface area contributed by atoms with Gasteiger partial charge in [0.15, 0.2) is 0 Å². The van der Waals surface area contributed by atoms with Crippen molar-refractivity contribution in [3.05, 3.63) is 23.2 Å². The summed E-state index contributed by atoms with van der Waals surface area (Å²) >= 11 is 6.04. The van der Waals surface area contributed by atoms with Crippen LogP contribution in [-0.4, -0.2) is 44.8 Å². The summed E-state index contributed by atoms with van der Waals surface area (Å²) in [6.07, 6.45) is 2.01. The minimum absolute atomic E-state index is 0.136. The van der Waals surface area contributed by atoms with Crippen molar-refractivity contribution in [2.75, 3.05) is 39.2 Å². The molecule has 116 valence electrons. The van der Waals surface area contributed by atoms with Gasteiger partial charge in [0, 0.05) is 32.5 Å². The molecule has 1 aliphatic heterocycles. The van der Waals surface area contributed by atoms with Gasteiger partial charge < -0.3 is 19.7 Å². The monoisotopic (exact) mass is 312 g/mol. The molecule has 0 bridgehead atoms. The maximum Gasteiger partial charge on any atom is 0.321 e. The molecule has 1 saturated heterocycles. The number of rotatable bonds is 4. The van der Waals surface area contributed by atoms with Gasteiger partial charge >= 0.3 is 6.03 Å². The van der Waals surface area contributed by atoms with E-state index in [0.29, 0.717) is 22.4 Å². The summed E-state index contributed by atoms with van der Waals surface area (Å²) in [6, 6.07) is 5.05. The van der Waals surface area contributed by atoms with E-state index < -0.39 is 0 Å². The van der Waals surface area contributed by atoms with Crippen molar-refractivity contribution in [3.63, 3.8) is 0 Å². The molecule has 0 saturated carbocycles. The molecule has 1 N–H and O–H groups in total. The van der Waals surface area contributed by atoms with E-state index in [0.717, 1.165) is 32.6 Å². The first-order valence-electron chi connectivity index (χ1n) is 7.03. The van der Waals surface area contributed by atoms with Crippen LogP contribution in [0.5, 0.6) is 5.75 Å². The van der Waals surface area contributed by atoms with E-state index in [1.807, 2.05) is 0 Å². The fraction of sp³-hybridized carbons (Fsp3) is 0.533. The minimum atomic E-state index is -0.136. The first-order valence-corrected chi connectivity index (χ1v) is 7.41. The second-order valence-corrected chi connectivity index (χ2v) is 5.62. The Hall–Kier alpha value is -1.46. The number of amides is 2. The number of hydrogen-bond acceptors (Lipinski definition) is 3. The maximum atomic E-state index is 12.2. The first-order chi connectivity index (χ1) is 10.1. The third kappa shape index (κ3) is 4.51. The second-order valence-electron chi connectivity index (χ2n) is 5.22. The van der Waals surface area contributed by atoms with Crippen molar-refractivity contribution in [2.45, 2.75) is 12.8 Å². The van der Waals surface area contributed by atoms with Crippen molar-refractivity contribution in [1.82, 2.24) is 4.90 Å². The molecular formula is C15H21ClN2O3. The Morgan fingerprint density at radius 1 is 1.48 bits per heavy atom. The van der Waals surface area contributed by atoms with E-state index in [-0.39, 0.29) is 6.03 Å². The Morgan fingerprint density at radius 2 is 2.19 bits per heavy atom. The predicted octanol–water partition coefficient (Wildman–Crippen LogP) is 3.24. The molecule has 1 aliphatic rings. The molecule has 0 atom stereocenters. The fourth-order valence-electron chi connectivity index (χ4n) is 2.36. The molecule has 0 aromatic heterocycles. The van der Waals surface area contributed by atoms with E-state index in [1.54, 1.807) is 37.3 Å². The molecule has 1 fully saturated rings. The topological polar surface area (TPSA) is 50.8 Å². The number of hydrogen-bond donors (Lipinski definition) is 1. The number of nitrogens with zero attached hydrogens (tertiary/aromatic N) is 1. The van der Waals surface area contributed by atoms with Crippen LogP contribution in [0.15, 0.2) is 18.2 Å². The highest BCUT2D eigenvalue weighted by molar-refractivity contribution is 6.32. The third-order valence-electron chi connectivity index (χ3n) is 3.62. The van der Waals surface area contributed by atoms with Crippen molar-refractivity contribution >= 4 is 23.3 Å². The molecular weight excluding hydrogens is 292 g/mol. The largest absolute Gasteiger partial charge is 0.495 e. The lowest BCUT2D eigenvalue weighted by atomic mass is 10.00. The van der Waals surface area contributed by atoms with Crippen molar-refractivity contribution in [1.29, 1.82) is 0 Å². The van der Waals surface area contributed by atoms with E-state index >= 15 is 0 Å². The molecule has 2 rings (SSSR count). The van der Waals surface area contributed by atoms with Crippen LogP contribution in [0.3, 0.4) is 0 Å². The summed E-state index contributed by atoms with van der Waals surface area (Å²) in [6.45, 7) is 2.31. The Balaban J connectivity index is 1.89. The number of urea groups is 1. The smallest absolute Gasteiger partial charge is 0.321 e. The van der Waals surface area contributed by atoms with Crippen LogP contribution >= 0.6 is 11.6 Å². The minimum Gasteiger partial charge on any atom is -0.495 e. The van der Waals surface area contributed by atoms with Crippen molar-refractivity contribution in [2.24, 2.45) is 5.92 Å². The van der Waals surface area contributed by atoms with Gasteiger partial charge in [0.1, 0.15) is 5.75 Å².